The Morgan fingerprint density at radius 3 is 1.17 bits per heavy atom. The second kappa shape index (κ2) is 39.3. The van der Waals surface area contributed by atoms with Crippen molar-refractivity contribution < 1.29 is 28.0 Å². The average Bonchev–Trinajstić information content (AvgIpc) is 3.07. The summed E-state index contributed by atoms with van der Waals surface area (Å²) in [6, 6.07) is 0. The highest BCUT2D eigenvalue weighted by Gasteiger charge is 2.23. The largest absolute Gasteiger partial charge is 0.472 e. The number of phosphoric acid groups is 1. The Hall–Kier alpha value is 0.510. The molecule has 0 aromatic carbocycles. The van der Waals surface area contributed by atoms with Crippen LogP contribution >= 0.6 is 23.8 Å². The number of phosphoric ester groups is 1. The third-order valence-corrected chi connectivity index (χ3v) is 10.4. The zero-order chi connectivity index (χ0) is 34.4. The van der Waals surface area contributed by atoms with E-state index in [-0.39, 0.29) is 19.3 Å². The van der Waals surface area contributed by atoms with Gasteiger partial charge in [0.1, 0.15) is 6.10 Å². The maximum Gasteiger partial charge on any atom is 0.472 e. The van der Waals surface area contributed by atoms with Crippen molar-refractivity contribution >= 4 is 23.8 Å². The fourth-order valence-corrected chi connectivity index (χ4v) is 7.19. The van der Waals surface area contributed by atoms with Gasteiger partial charge in [0, 0.05) is 18.5 Å². The maximum absolute atomic E-state index is 12.1. The van der Waals surface area contributed by atoms with Crippen LogP contribution in [0.25, 0.3) is 0 Å². The Balaban J connectivity index is 3.86. The van der Waals surface area contributed by atoms with E-state index in [4.69, 9.17) is 18.5 Å². The number of rotatable bonds is 41. The molecule has 0 spiro atoms. The minimum absolute atomic E-state index is 0.00632. The number of ether oxygens (including phenoxy) is 2. The predicted molar refractivity (Wildman–Crippen MR) is 206 cm³/mol. The molecule has 0 fully saturated rings. The lowest BCUT2D eigenvalue weighted by Crippen LogP contribution is -2.26. The van der Waals surface area contributed by atoms with E-state index in [0.29, 0.717) is 25.2 Å². The molecule has 0 aliphatic heterocycles. The third-order valence-electron chi connectivity index (χ3n) is 9.05. The van der Waals surface area contributed by atoms with E-state index in [9.17, 15) is 9.46 Å². The zero-order valence-corrected chi connectivity index (χ0v) is 33.8. The van der Waals surface area contributed by atoms with Gasteiger partial charge in [0.15, 0.2) is 0 Å². The van der Waals surface area contributed by atoms with Gasteiger partial charge in [-0.2, -0.15) is 0 Å². The fraction of sp³-hybridized carbons (Fsp3) is 1.00. The lowest BCUT2D eigenvalue weighted by Gasteiger charge is -2.20. The number of hydrogen-bond donors (Lipinski definition) is 1. The molecule has 6 nitrogen and oxygen atoms in total. The number of alkyl halides is 1. The normalized spacial score (nSPS) is 13.7. The van der Waals surface area contributed by atoms with E-state index in [1.807, 2.05) is 0 Å². The van der Waals surface area contributed by atoms with E-state index in [1.54, 1.807) is 0 Å². The summed E-state index contributed by atoms with van der Waals surface area (Å²) in [6.45, 7) is 6.35. The molecule has 0 aromatic rings. The van der Waals surface area contributed by atoms with Gasteiger partial charge in [-0.1, -0.05) is 210 Å². The number of unbranched alkanes of at least 4 members (excludes halogenated alkanes) is 28. The maximum atomic E-state index is 12.1. The van der Waals surface area contributed by atoms with Gasteiger partial charge in [-0.05, 0) is 12.8 Å². The first kappa shape index (κ1) is 47.5. The van der Waals surface area contributed by atoms with Gasteiger partial charge in [-0.3, -0.25) is 9.05 Å². The Morgan fingerprint density at radius 1 is 0.468 bits per heavy atom. The minimum Gasteiger partial charge on any atom is -0.379 e. The highest BCUT2D eigenvalue weighted by atomic mass is 79.9. The molecule has 0 amide bonds. The van der Waals surface area contributed by atoms with Crippen LogP contribution in [0.1, 0.15) is 206 Å². The van der Waals surface area contributed by atoms with E-state index in [2.05, 4.69) is 29.8 Å². The fourth-order valence-electron chi connectivity index (χ4n) is 6.02. The Bertz CT molecular complexity index is 641. The van der Waals surface area contributed by atoms with Crippen LogP contribution < -0.4 is 0 Å². The molecule has 0 radical (unpaired) electrons. The first-order valence-electron chi connectivity index (χ1n) is 20.4. The average molecular weight is 756 g/mol. The highest BCUT2D eigenvalue weighted by Crippen LogP contribution is 2.43. The van der Waals surface area contributed by atoms with Crippen LogP contribution in [0.3, 0.4) is 0 Å². The molecule has 0 aromatic heterocycles. The molecule has 0 saturated heterocycles. The molecular weight excluding hydrogens is 675 g/mol. The summed E-state index contributed by atoms with van der Waals surface area (Å²) < 4.78 is 34.2. The molecule has 0 saturated carbocycles. The zero-order valence-electron chi connectivity index (χ0n) is 31.3. The molecule has 8 heteroatoms. The number of hydrogen-bond acceptors (Lipinski definition) is 5. The van der Waals surface area contributed by atoms with Crippen molar-refractivity contribution in [2.75, 3.05) is 38.4 Å². The summed E-state index contributed by atoms with van der Waals surface area (Å²) in [4.78, 5) is 9.92. The lowest BCUT2D eigenvalue weighted by molar-refractivity contribution is -0.0442. The van der Waals surface area contributed by atoms with Crippen molar-refractivity contribution in [1.82, 2.24) is 0 Å². The monoisotopic (exact) mass is 754 g/mol. The van der Waals surface area contributed by atoms with Crippen molar-refractivity contribution in [3.8, 4) is 0 Å². The summed E-state index contributed by atoms with van der Waals surface area (Å²) in [7, 11) is -4.08. The topological polar surface area (TPSA) is 74.2 Å². The summed E-state index contributed by atoms with van der Waals surface area (Å²) >= 11 is 3.21. The van der Waals surface area contributed by atoms with Gasteiger partial charge in [-0.15, -0.1) is 0 Å². The van der Waals surface area contributed by atoms with Crippen LogP contribution in [-0.4, -0.2) is 49.4 Å². The van der Waals surface area contributed by atoms with E-state index in [0.717, 1.165) is 19.3 Å². The van der Waals surface area contributed by atoms with Crippen molar-refractivity contribution in [1.29, 1.82) is 0 Å². The molecule has 0 aliphatic rings. The van der Waals surface area contributed by atoms with Crippen molar-refractivity contribution in [3.05, 3.63) is 0 Å². The van der Waals surface area contributed by atoms with E-state index in [1.165, 1.54) is 173 Å². The highest BCUT2D eigenvalue weighted by molar-refractivity contribution is 9.09. The Morgan fingerprint density at radius 2 is 0.809 bits per heavy atom. The first-order chi connectivity index (χ1) is 23.1. The summed E-state index contributed by atoms with van der Waals surface area (Å²) in [5.74, 6) is 0. The Kier molecular flexibility index (Phi) is 39.7. The van der Waals surface area contributed by atoms with E-state index < -0.39 is 7.82 Å². The smallest absolute Gasteiger partial charge is 0.379 e. The van der Waals surface area contributed by atoms with Crippen LogP contribution in [0.2, 0.25) is 0 Å². The molecule has 0 heterocycles. The van der Waals surface area contributed by atoms with Crippen LogP contribution in [0.15, 0.2) is 0 Å². The van der Waals surface area contributed by atoms with Crippen LogP contribution in [0.5, 0.6) is 0 Å². The molecule has 2 atom stereocenters. The van der Waals surface area contributed by atoms with Gasteiger partial charge in [-0.25, -0.2) is 4.57 Å². The third kappa shape index (κ3) is 39.2. The van der Waals surface area contributed by atoms with Gasteiger partial charge in [0.25, 0.3) is 0 Å². The summed E-state index contributed by atoms with van der Waals surface area (Å²) in [6.07, 6.45) is 39.8. The van der Waals surface area contributed by atoms with Crippen molar-refractivity contribution in [2.45, 2.75) is 213 Å². The predicted octanol–water partition coefficient (Wildman–Crippen LogP) is 13.7. The van der Waals surface area contributed by atoms with E-state index >= 15 is 0 Å². The molecule has 47 heavy (non-hydrogen) atoms. The van der Waals surface area contributed by atoms with Crippen molar-refractivity contribution in [2.24, 2.45) is 0 Å². The van der Waals surface area contributed by atoms with Crippen LogP contribution in [0, 0.1) is 0 Å². The van der Waals surface area contributed by atoms with Gasteiger partial charge < -0.3 is 14.4 Å². The van der Waals surface area contributed by atoms with Crippen LogP contribution in [-0.2, 0) is 23.1 Å². The molecular formula is C39H80BrO6P. The van der Waals surface area contributed by atoms with Gasteiger partial charge in [0.2, 0.25) is 0 Å². The number of halogens is 1. The standard InChI is InChI=1S/C39H80BrO6P/c1-3-5-7-9-11-13-15-17-19-20-21-23-25-27-29-31-34-43-37-39(38-46-47(41,42)45-36-33-40)44-35-32-30-28-26-24-22-18-16-14-12-10-8-6-4-2/h39H,3-38H2,1-2H3,(H,41,42)/t39-/m1/s1. The second-order valence-electron chi connectivity index (χ2n) is 13.8. The molecule has 284 valence electrons. The minimum atomic E-state index is -4.08. The lowest BCUT2D eigenvalue weighted by atomic mass is 10.0. The molecule has 0 bridgehead atoms. The van der Waals surface area contributed by atoms with Crippen molar-refractivity contribution in [3.63, 3.8) is 0 Å². The Labute approximate surface area is 301 Å². The van der Waals surface area contributed by atoms with Gasteiger partial charge >= 0.3 is 7.82 Å². The SMILES string of the molecule is CCCCCCCCCCCCCCCCCCOC[C@H](COP(=O)(O)OCCBr)OCCCCCCCCCCCCCCCC. The van der Waals surface area contributed by atoms with Crippen LogP contribution in [0.4, 0.5) is 0 Å². The second-order valence-corrected chi connectivity index (χ2v) is 16.0. The summed E-state index contributed by atoms with van der Waals surface area (Å²) in [5.41, 5.74) is 0. The molecule has 0 aliphatic carbocycles. The molecule has 1 unspecified atom stereocenters. The first-order valence-corrected chi connectivity index (χ1v) is 23.0. The quantitative estimate of drug-likeness (QED) is 0.0380. The molecule has 1 N–H and O–H groups in total. The van der Waals surface area contributed by atoms with Gasteiger partial charge in [0.05, 0.1) is 19.8 Å². The molecule has 0 rings (SSSR count). The summed E-state index contributed by atoms with van der Waals surface area (Å²) in [5, 5.41) is 0.475.